The predicted octanol–water partition coefficient (Wildman–Crippen LogP) is 8.42. The second-order valence-corrected chi connectivity index (χ2v) is 8.49. The Kier molecular flexibility index (Phi) is 3.51. The van der Waals surface area contributed by atoms with Gasteiger partial charge in [0.15, 0.2) is 0 Å². The minimum Gasteiger partial charge on any atom is -0.455 e. The summed E-state index contributed by atoms with van der Waals surface area (Å²) in [6.45, 7) is 2.09. The van der Waals surface area contributed by atoms with E-state index in [0.717, 1.165) is 33.2 Å². The van der Waals surface area contributed by atoms with Gasteiger partial charge in [0, 0.05) is 22.5 Å². The van der Waals surface area contributed by atoms with Gasteiger partial charge in [-0.15, -0.1) is 0 Å². The first-order valence-corrected chi connectivity index (χ1v) is 10.9. The highest BCUT2D eigenvalue weighted by Crippen LogP contribution is 2.41. The maximum Gasteiger partial charge on any atom is 0.144 e. The summed E-state index contributed by atoms with van der Waals surface area (Å²) in [6, 6.07) is 32.3. The van der Waals surface area contributed by atoms with Gasteiger partial charge in [-0.05, 0) is 75.1 Å². The average molecular weight is 409 g/mol. The van der Waals surface area contributed by atoms with E-state index in [1.807, 2.05) is 12.3 Å². The molecule has 0 saturated heterocycles. The first-order chi connectivity index (χ1) is 15.8. The van der Waals surface area contributed by atoms with Gasteiger partial charge in [-0.2, -0.15) is 0 Å². The quantitative estimate of drug-likeness (QED) is 0.254. The van der Waals surface area contributed by atoms with Crippen LogP contribution in [0.3, 0.4) is 0 Å². The van der Waals surface area contributed by atoms with Crippen LogP contribution in [0.15, 0.2) is 102 Å². The molecule has 0 bridgehead atoms. The molecule has 2 heterocycles. The monoisotopic (exact) mass is 409 g/mol. The Hall–Kier alpha value is -4.17. The highest BCUT2D eigenvalue weighted by atomic mass is 16.3. The summed E-state index contributed by atoms with van der Waals surface area (Å²) in [5.41, 5.74) is 4.96. The zero-order chi connectivity index (χ0) is 21.2. The molecule has 0 fully saturated rings. The molecule has 0 spiro atoms. The highest BCUT2D eigenvalue weighted by Gasteiger charge is 2.16. The number of furan rings is 1. The fourth-order valence-electron chi connectivity index (χ4n) is 5.08. The van der Waals surface area contributed by atoms with Crippen molar-refractivity contribution in [1.82, 2.24) is 4.98 Å². The Balaban J connectivity index is 1.66. The number of nitrogens with zero attached hydrogens (tertiary/aromatic N) is 1. The number of aryl methyl sites for hydroxylation is 1. The molecule has 0 radical (unpaired) electrons. The predicted molar refractivity (Wildman–Crippen MR) is 134 cm³/mol. The van der Waals surface area contributed by atoms with E-state index in [4.69, 9.17) is 4.42 Å². The number of fused-ring (bicyclic) bond motifs is 9. The fourth-order valence-corrected chi connectivity index (χ4v) is 5.08. The van der Waals surface area contributed by atoms with Crippen molar-refractivity contribution in [1.29, 1.82) is 0 Å². The zero-order valence-electron chi connectivity index (χ0n) is 17.6. The molecule has 2 aromatic heterocycles. The number of benzene rings is 5. The van der Waals surface area contributed by atoms with Crippen molar-refractivity contribution < 1.29 is 4.42 Å². The smallest absolute Gasteiger partial charge is 0.144 e. The Morgan fingerprint density at radius 1 is 0.562 bits per heavy atom. The van der Waals surface area contributed by atoms with Crippen LogP contribution in [0.4, 0.5) is 0 Å². The fraction of sp³-hybridized carbons (Fsp3) is 0.0333. The highest BCUT2D eigenvalue weighted by molar-refractivity contribution is 6.28. The topological polar surface area (TPSA) is 26.0 Å². The largest absolute Gasteiger partial charge is 0.455 e. The molecule has 0 aliphatic rings. The third-order valence-corrected chi connectivity index (χ3v) is 6.55. The molecule has 0 aliphatic carbocycles. The Morgan fingerprint density at radius 3 is 1.88 bits per heavy atom. The number of rotatable bonds is 1. The van der Waals surface area contributed by atoms with Gasteiger partial charge in [0.2, 0.25) is 0 Å². The van der Waals surface area contributed by atoms with Crippen LogP contribution < -0.4 is 0 Å². The Labute approximate surface area is 184 Å². The van der Waals surface area contributed by atoms with E-state index in [1.165, 1.54) is 37.9 Å². The number of hydrogen-bond donors (Lipinski definition) is 0. The van der Waals surface area contributed by atoms with Crippen LogP contribution in [0.25, 0.3) is 65.5 Å². The van der Waals surface area contributed by atoms with Crippen molar-refractivity contribution in [3.63, 3.8) is 0 Å². The molecule has 7 aromatic rings. The minimum atomic E-state index is 0.893. The summed E-state index contributed by atoms with van der Waals surface area (Å²) in [4.78, 5) is 4.61. The summed E-state index contributed by atoms with van der Waals surface area (Å²) in [6.07, 6.45) is 1.86. The zero-order valence-corrected chi connectivity index (χ0v) is 17.6. The van der Waals surface area contributed by atoms with E-state index >= 15 is 0 Å². The minimum absolute atomic E-state index is 0.893. The summed E-state index contributed by atoms with van der Waals surface area (Å²) in [5, 5.41) is 9.83. The molecule has 2 heteroatoms. The molecule has 2 nitrogen and oxygen atoms in total. The first kappa shape index (κ1) is 17.5. The second kappa shape index (κ2) is 6.41. The summed E-state index contributed by atoms with van der Waals surface area (Å²) < 4.78 is 6.51. The SMILES string of the molecule is Cc1ccnc(-c2cccc3c2oc2cc4c5ccccc5c5ccccc5c4cc23)c1. The lowest BCUT2D eigenvalue weighted by Crippen LogP contribution is -1.84. The van der Waals surface area contributed by atoms with Gasteiger partial charge in [-0.25, -0.2) is 0 Å². The molecule has 0 N–H and O–H groups in total. The van der Waals surface area contributed by atoms with E-state index in [-0.39, 0.29) is 0 Å². The van der Waals surface area contributed by atoms with Crippen molar-refractivity contribution in [3.05, 3.63) is 103 Å². The van der Waals surface area contributed by atoms with Gasteiger partial charge in [-0.3, -0.25) is 4.98 Å². The lowest BCUT2D eigenvalue weighted by atomic mass is 9.93. The second-order valence-electron chi connectivity index (χ2n) is 8.49. The van der Waals surface area contributed by atoms with Gasteiger partial charge in [0.1, 0.15) is 11.2 Å². The van der Waals surface area contributed by atoms with Crippen LogP contribution in [-0.2, 0) is 0 Å². The maximum absolute atomic E-state index is 6.51. The van der Waals surface area contributed by atoms with Gasteiger partial charge in [-0.1, -0.05) is 60.7 Å². The van der Waals surface area contributed by atoms with E-state index in [9.17, 15) is 0 Å². The number of hydrogen-bond acceptors (Lipinski definition) is 2. The number of aromatic nitrogens is 1. The van der Waals surface area contributed by atoms with Crippen molar-refractivity contribution >= 4 is 54.3 Å². The summed E-state index contributed by atoms with van der Waals surface area (Å²) in [5.74, 6) is 0. The van der Waals surface area contributed by atoms with E-state index in [1.54, 1.807) is 0 Å². The standard InChI is InChI=1S/C30H19NO/c1-18-13-14-31-28(15-18)24-12-6-11-23-27-16-25-21-9-4-2-7-19(21)20-8-3-5-10-22(20)26(25)17-29(27)32-30(23)24/h2-17H,1H3. The van der Waals surface area contributed by atoms with E-state index < -0.39 is 0 Å². The summed E-state index contributed by atoms with van der Waals surface area (Å²) >= 11 is 0. The van der Waals surface area contributed by atoms with Crippen LogP contribution in [-0.4, -0.2) is 4.98 Å². The van der Waals surface area contributed by atoms with E-state index in [2.05, 4.69) is 96.8 Å². The average Bonchev–Trinajstić information content (AvgIpc) is 3.21. The molecule has 5 aromatic carbocycles. The van der Waals surface area contributed by atoms with Gasteiger partial charge >= 0.3 is 0 Å². The normalized spacial score (nSPS) is 11.9. The molecule has 7 rings (SSSR count). The molecule has 0 saturated carbocycles. The van der Waals surface area contributed by atoms with Crippen molar-refractivity contribution in [3.8, 4) is 11.3 Å². The number of pyridine rings is 1. The molecular weight excluding hydrogens is 390 g/mol. The van der Waals surface area contributed by atoms with Gasteiger partial charge in [0.25, 0.3) is 0 Å². The first-order valence-electron chi connectivity index (χ1n) is 10.9. The number of para-hydroxylation sites is 1. The van der Waals surface area contributed by atoms with Crippen LogP contribution in [0.5, 0.6) is 0 Å². The third kappa shape index (κ3) is 2.38. The molecule has 150 valence electrons. The van der Waals surface area contributed by atoms with Crippen LogP contribution in [0.2, 0.25) is 0 Å². The van der Waals surface area contributed by atoms with Crippen LogP contribution >= 0.6 is 0 Å². The molecular formula is C30H19NO. The molecule has 0 aliphatic heterocycles. The molecule has 0 unspecified atom stereocenters. The molecule has 32 heavy (non-hydrogen) atoms. The molecule has 0 atom stereocenters. The lowest BCUT2D eigenvalue weighted by molar-refractivity contribution is 0.670. The van der Waals surface area contributed by atoms with E-state index in [0.29, 0.717) is 0 Å². The lowest BCUT2D eigenvalue weighted by Gasteiger charge is -2.10. The maximum atomic E-state index is 6.51. The van der Waals surface area contributed by atoms with Crippen LogP contribution in [0.1, 0.15) is 5.56 Å². The molecule has 0 amide bonds. The van der Waals surface area contributed by atoms with Crippen LogP contribution in [0, 0.1) is 6.92 Å². The Bertz CT molecular complexity index is 1840. The van der Waals surface area contributed by atoms with Gasteiger partial charge < -0.3 is 4.42 Å². The third-order valence-electron chi connectivity index (χ3n) is 6.55. The Morgan fingerprint density at radius 2 is 1.19 bits per heavy atom. The van der Waals surface area contributed by atoms with Gasteiger partial charge in [0.05, 0.1) is 5.69 Å². The summed E-state index contributed by atoms with van der Waals surface area (Å²) in [7, 11) is 0. The van der Waals surface area contributed by atoms with Crippen molar-refractivity contribution in [2.45, 2.75) is 6.92 Å². The van der Waals surface area contributed by atoms with Crippen molar-refractivity contribution in [2.24, 2.45) is 0 Å². The van der Waals surface area contributed by atoms with Crippen molar-refractivity contribution in [2.75, 3.05) is 0 Å².